The summed E-state index contributed by atoms with van der Waals surface area (Å²) in [6.45, 7) is 12.7. The monoisotopic (exact) mass is 341 g/mol. The van der Waals surface area contributed by atoms with Crippen LogP contribution >= 0.6 is 0 Å². The molecule has 1 heterocycles. The minimum Gasteiger partial charge on any atom is -0.358 e. The van der Waals surface area contributed by atoms with E-state index in [0.717, 1.165) is 5.92 Å². The molecule has 12 heavy (non-hydrogen) atoms. The van der Waals surface area contributed by atoms with E-state index in [1.54, 1.807) is 0 Å². The number of nitrogens with zero attached hydrogens (tertiary/aromatic N) is 1. The maximum Gasteiger partial charge on any atom is 2.00 e. The molecule has 74 valence electrons. The molecule has 0 bridgehead atoms. The van der Waals surface area contributed by atoms with Gasteiger partial charge in [-0.15, -0.1) is 0 Å². The van der Waals surface area contributed by atoms with Gasteiger partial charge in [0.25, 0.3) is 0 Å². The number of rotatable bonds is 0. The summed E-state index contributed by atoms with van der Waals surface area (Å²) in [5.74, 6) is 1.47. The Kier molecular flexibility index (Phi) is 15.0. The summed E-state index contributed by atoms with van der Waals surface area (Å²) in [5.41, 5.74) is 0. The van der Waals surface area contributed by atoms with Gasteiger partial charge < -0.3 is 19.3 Å². The molecular formula is C10H23NW. The van der Waals surface area contributed by atoms with E-state index in [1.807, 2.05) is 13.8 Å². The number of hydrogen-bond donors (Lipinski definition) is 0. The first-order chi connectivity index (χ1) is 4.70. The van der Waals surface area contributed by atoms with Gasteiger partial charge >= 0.3 is 21.1 Å². The van der Waals surface area contributed by atoms with Crippen LogP contribution in [0.2, 0.25) is 0 Å². The van der Waals surface area contributed by atoms with Crippen molar-refractivity contribution in [1.82, 2.24) is 4.90 Å². The van der Waals surface area contributed by atoms with Crippen molar-refractivity contribution >= 4 is 0 Å². The van der Waals surface area contributed by atoms with Crippen molar-refractivity contribution in [3.63, 3.8) is 0 Å². The fourth-order valence-corrected chi connectivity index (χ4v) is 1.30. The summed E-state index contributed by atoms with van der Waals surface area (Å²) in [6, 6.07) is 0. The average molecular weight is 341 g/mol. The van der Waals surface area contributed by atoms with E-state index in [2.05, 4.69) is 25.8 Å². The van der Waals surface area contributed by atoms with Gasteiger partial charge in [-0.2, -0.15) is 5.92 Å². The summed E-state index contributed by atoms with van der Waals surface area (Å²) in [6.07, 6.45) is 0. The SMILES string of the molecule is CC.[CH2-]C1CN(C)CC1C.[CH3-].[W+2]. The van der Waals surface area contributed by atoms with Crippen LogP contribution in [0.1, 0.15) is 20.8 Å². The Bertz CT molecular complexity index is 75.9. The van der Waals surface area contributed by atoms with Crippen LogP contribution in [0.4, 0.5) is 0 Å². The molecule has 2 unspecified atom stereocenters. The second-order valence-electron chi connectivity index (χ2n) is 2.96. The Morgan fingerprint density at radius 1 is 1.25 bits per heavy atom. The maximum absolute atomic E-state index is 4.03. The maximum atomic E-state index is 4.03. The zero-order valence-electron chi connectivity index (χ0n) is 9.13. The van der Waals surface area contributed by atoms with Crippen LogP contribution in [0.15, 0.2) is 0 Å². The van der Waals surface area contributed by atoms with Gasteiger partial charge in [-0.25, -0.2) is 0 Å². The van der Waals surface area contributed by atoms with E-state index in [9.17, 15) is 0 Å². The van der Waals surface area contributed by atoms with Crippen LogP contribution in [0.3, 0.4) is 0 Å². The van der Waals surface area contributed by atoms with Crippen LogP contribution in [-0.2, 0) is 21.1 Å². The molecule has 1 saturated heterocycles. The van der Waals surface area contributed by atoms with Gasteiger partial charge in [0, 0.05) is 0 Å². The molecular weight excluding hydrogens is 318 g/mol. The van der Waals surface area contributed by atoms with Gasteiger partial charge in [-0.05, 0) is 20.1 Å². The molecule has 1 aliphatic heterocycles. The third-order valence-corrected chi connectivity index (χ3v) is 1.95. The minimum atomic E-state index is 0. The molecule has 2 heteroatoms. The van der Waals surface area contributed by atoms with Gasteiger partial charge in [0.05, 0.1) is 0 Å². The molecule has 0 spiro atoms. The first-order valence-electron chi connectivity index (χ1n) is 4.22. The Morgan fingerprint density at radius 3 is 1.75 bits per heavy atom. The van der Waals surface area contributed by atoms with E-state index in [-0.39, 0.29) is 28.5 Å². The van der Waals surface area contributed by atoms with Crippen molar-refractivity contribution < 1.29 is 21.1 Å². The van der Waals surface area contributed by atoms with Gasteiger partial charge in [-0.1, -0.05) is 26.7 Å². The molecule has 1 aliphatic rings. The van der Waals surface area contributed by atoms with E-state index in [0.29, 0.717) is 5.92 Å². The molecule has 0 aromatic rings. The average Bonchev–Trinajstić information content (AvgIpc) is 2.16. The second kappa shape index (κ2) is 9.73. The summed E-state index contributed by atoms with van der Waals surface area (Å²) < 4.78 is 0. The van der Waals surface area contributed by atoms with E-state index < -0.39 is 0 Å². The summed E-state index contributed by atoms with van der Waals surface area (Å²) in [5, 5.41) is 0. The Balaban J connectivity index is -0.000000189. The smallest absolute Gasteiger partial charge is 0.358 e. The molecule has 0 radical (unpaired) electrons. The predicted octanol–water partition coefficient (Wildman–Crippen LogP) is 2.49. The van der Waals surface area contributed by atoms with Crippen molar-refractivity contribution in [3.05, 3.63) is 14.4 Å². The quantitative estimate of drug-likeness (QED) is 0.612. The van der Waals surface area contributed by atoms with Crippen molar-refractivity contribution in [2.24, 2.45) is 11.8 Å². The molecule has 1 fully saturated rings. The molecule has 1 rings (SSSR count). The molecule has 0 saturated carbocycles. The van der Waals surface area contributed by atoms with Gasteiger partial charge in [0.2, 0.25) is 0 Å². The topological polar surface area (TPSA) is 3.24 Å². The molecule has 1 nitrogen and oxygen atoms in total. The van der Waals surface area contributed by atoms with Gasteiger partial charge in [-0.3, -0.25) is 0 Å². The molecule has 0 amide bonds. The zero-order valence-corrected chi connectivity index (χ0v) is 12.1. The minimum absolute atomic E-state index is 0. The Labute approximate surface area is 93.2 Å². The summed E-state index contributed by atoms with van der Waals surface area (Å²) in [7, 11) is 2.15. The van der Waals surface area contributed by atoms with E-state index >= 15 is 0 Å². The summed E-state index contributed by atoms with van der Waals surface area (Å²) >= 11 is 0. The molecule has 0 aliphatic carbocycles. The third-order valence-electron chi connectivity index (χ3n) is 1.95. The molecule has 0 aromatic heterocycles. The van der Waals surface area contributed by atoms with E-state index in [1.165, 1.54) is 13.1 Å². The van der Waals surface area contributed by atoms with Crippen LogP contribution in [-0.4, -0.2) is 25.0 Å². The predicted molar refractivity (Wildman–Crippen MR) is 53.3 cm³/mol. The van der Waals surface area contributed by atoms with E-state index in [4.69, 9.17) is 0 Å². The first-order valence-corrected chi connectivity index (χ1v) is 4.22. The van der Waals surface area contributed by atoms with Crippen LogP contribution < -0.4 is 0 Å². The van der Waals surface area contributed by atoms with Crippen molar-refractivity contribution in [2.75, 3.05) is 20.1 Å². The largest absolute Gasteiger partial charge is 2.00 e. The molecule has 0 aromatic carbocycles. The summed E-state index contributed by atoms with van der Waals surface area (Å²) in [4.78, 5) is 2.34. The van der Waals surface area contributed by atoms with Crippen LogP contribution in [0, 0.1) is 26.2 Å². The third kappa shape index (κ3) is 6.20. The standard InChI is InChI=1S/C7H14N.C2H6.CH3.W/c1-6-4-8(3)5-7(6)2;1-2;;/h6-7H,1,4-5H2,2-3H3;1-2H3;1H3;/q-1;;-1;+2. The zero-order chi connectivity index (χ0) is 8.15. The number of hydrogen-bond acceptors (Lipinski definition) is 1. The second-order valence-corrected chi connectivity index (χ2v) is 2.96. The normalized spacial score (nSPS) is 27.8. The molecule has 0 N–H and O–H groups in total. The fraction of sp³-hybridized carbons (Fsp3) is 0.800. The first kappa shape index (κ1) is 18.4. The molecule has 2 atom stereocenters. The Morgan fingerprint density at radius 2 is 1.67 bits per heavy atom. The Hall–Kier alpha value is 0.648. The van der Waals surface area contributed by atoms with Crippen molar-refractivity contribution in [2.45, 2.75) is 20.8 Å². The van der Waals surface area contributed by atoms with Crippen molar-refractivity contribution in [1.29, 1.82) is 0 Å². The van der Waals surface area contributed by atoms with Gasteiger partial charge in [0.15, 0.2) is 0 Å². The fourth-order valence-electron chi connectivity index (χ4n) is 1.30. The number of likely N-dealkylation sites (tertiary alicyclic amines) is 1. The van der Waals surface area contributed by atoms with Crippen LogP contribution in [0.25, 0.3) is 0 Å². The van der Waals surface area contributed by atoms with Gasteiger partial charge in [0.1, 0.15) is 0 Å². The van der Waals surface area contributed by atoms with Crippen LogP contribution in [0.5, 0.6) is 0 Å². The van der Waals surface area contributed by atoms with Crippen molar-refractivity contribution in [3.8, 4) is 0 Å².